The summed E-state index contributed by atoms with van der Waals surface area (Å²) in [6, 6.07) is 15.9. The molecule has 0 aromatic heterocycles. The summed E-state index contributed by atoms with van der Waals surface area (Å²) in [6.07, 6.45) is -7.11. The SMILES string of the molecule is O=C(OCC1c2ccccc2-c2ccccc21)N1CCCC(C(O)C(F)(F)F)C1. The van der Waals surface area contributed by atoms with Gasteiger partial charge in [0.15, 0.2) is 6.10 Å². The minimum Gasteiger partial charge on any atom is -0.448 e. The van der Waals surface area contributed by atoms with Crippen molar-refractivity contribution in [1.29, 1.82) is 0 Å². The van der Waals surface area contributed by atoms with Crippen molar-refractivity contribution in [1.82, 2.24) is 4.90 Å². The molecule has 0 bridgehead atoms. The van der Waals surface area contributed by atoms with Gasteiger partial charge in [-0.1, -0.05) is 48.5 Å². The fraction of sp³-hybridized carbons (Fsp3) is 0.409. The molecule has 1 aliphatic carbocycles. The van der Waals surface area contributed by atoms with Crippen LogP contribution in [-0.4, -0.2) is 48.1 Å². The second-order valence-electron chi connectivity index (χ2n) is 7.64. The molecule has 4 nitrogen and oxygen atoms in total. The Morgan fingerprint density at radius 2 is 1.69 bits per heavy atom. The first kappa shape index (κ1) is 19.8. The lowest BCUT2D eigenvalue weighted by atomic mass is 9.92. The number of carbonyl (C=O) groups is 1. The van der Waals surface area contributed by atoms with Gasteiger partial charge in [0.25, 0.3) is 0 Å². The zero-order valence-electron chi connectivity index (χ0n) is 15.7. The smallest absolute Gasteiger partial charge is 0.414 e. The van der Waals surface area contributed by atoms with Crippen molar-refractivity contribution in [2.75, 3.05) is 19.7 Å². The summed E-state index contributed by atoms with van der Waals surface area (Å²) in [5.41, 5.74) is 4.36. The van der Waals surface area contributed by atoms with E-state index < -0.39 is 24.3 Å². The Hall–Kier alpha value is -2.54. The molecular weight excluding hydrogens is 383 g/mol. The quantitative estimate of drug-likeness (QED) is 0.814. The predicted molar refractivity (Wildman–Crippen MR) is 101 cm³/mol. The molecule has 4 rings (SSSR count). The molecule has 154 valence electrons. The molecule has 2 aromatic rings. The van der Waals surface area contributed by atoms with Crippen molar-refractivity contribution < 1.29 is 27.8 Å². The molecule has 2 aliphatic rings. The number of halogens is 3. The number of piperidine rings is 1. The third-order valence-electron chi connectivity index (χ3n) is 5.83. The van der Waals surface area contributed by atoms with Crippen molar-refractivity contribution in [2.24, 2.45) is 5.92 Å². The van der Waals surface area contributed by atoms with Crippen molar-refractivity contribution in [2.45, 2.75) is 31.0 Å². The third kappa shape index (κ3) is 3.83. The minimum absolute atomic E-state index is 0.104. The molecule has 1 aliphatic heterocycles. The number of aliphatic hydroxyl groups excluding tert-OH is 1. The van der Waals surface area contributed by atoms with Crippen LogP contribution < -0.4 is 0 Å². The van der Waals surface area contributed by atoms with Gasteiger partial charge < -0.3 is 14.7 Å². The molecule has 1 N–H and O–H groups in total. The summed E-state index contributed by atoms with van der Waals surface area (Å²) in [7, 11) is 0. The zero-order chi connectivity index (χ0) is 20.6. The maximum Gasteiger partial charge on any atom is 0.414 e. The first-order valence-corrected chi connectivity index (χ1v) is 9.71. The van der Waals surface area contributed by atoms with E-state index in [0.29, 0.717) is 13.0 Å². The molecule has 29 heavy (non-hydrogen) atoms. The van der Waals surface area contributed by atoms with Gasteiger partial charge in [0.05, 0.1) is 0 Å². The van der Waals surface area contributed by atoms with Crippen molar-refractivity contribution >= 4 is 6.09 Å². The number of amides is 1. The number of benzene rings is 2. The van der Waals surface area contributed by atoms with Crippen LogP contribution in [0, 0.1) is 5.92 Å². The van der Waals surface area contributed by atoms with Crippen LogP contribution in [0.1, 0.15) is 29.9 Å². The maximum absolute atomic E-state index is 12.8. The number of likely N-dealkylation sites (tertiary alicyclic amines) is 1. The van der Waals surface area contributed by atoms with E-state index in [1.165, 1.54) is 4.90 Å². The van der Waals surface area contributed by atoms with Gasteiger partial charge in [-0.2, -0.15) is 13.2 Å². The van der Waals surface area contributed by atoms with Crippen LogP contribution >= 0.6 is 0 Å². The number of nitrogens with zero attached hydrogens (tertiary/aromatic N) is 1. The van der Waals surface area contributed by atoms with Gasteiger partial charge in [-0.25, -0.2) is 4.79 Å². The second-order valence-corrected chi connectivity index (χ2v) is 7.64. The third-order valence-corrected chi connectivity index (χ3v) is 5.83. The molecule has 2 unspecified atom stereocenters. The summed E-state index contributed by atoms with van der Waals surface area (Å²) >= 11 is 0. The fourth-order valence-corrected chi connectivity index (χ4v) is 4.39. The Labute approximate surface area is 166 Å². The number of aliphatic hydroxyl groups is 1. The van der Waals surface area contributed by atoms with E-state index in [9.17, 15) is 23.1 Å². The van der Waals surface area contributed by atoms with Crippen LogP contribution in [0.25, 0.3) is 11.1 Å². The maximum atomic E-state index is 12.8. The predicted octanol–water partition coefficient (Wildman–Crippen LogP) is 4.57. The fourth-order valence-electron chi connectivity index (χ4n) is 4.39. The number of hydrogen-bond acceptors (Lipinski definition) is 3. The summed E-state index contributed by atoms with van der Waals surface area (Å²) < 4.78 is 44.0. The number of carbonyl (C=O) groups excluding carboxylic acids is 1. The molecule has 2 atom stereocenters. The normalized spacial score (nSPS) is 20.1. The van der Waals surface area contributed by atoms with Crippen LogP contribution in [0.4, 0.5) is 18.0 Å². The Kier molecular flexibility index (Phi) is 5.25. The molecule has 0 radical (unpaired) electrons. The van der Waals surface area contributed by atoms with Gasteiger partial charge in [0.1, 0.15) is 6.61 Å². The largest absolute Gasteiger partial charge is 0.448 e. The summed E-state index contributed by atoms with van der Waals surface area (Å²) in [5.74, 6) is -1.13. The molecule has 0 spiro atoms. The minimum atomic E-state index is -4.69. The number of ether oxygens (including phenoxy) is 1. The topological polar surface area (TPSA) is 49.8 Å². The van der Waals surface area contributed by atoms with E-state index in [1.54, 1.807) is 0 Å². The van der Waals surface area contributed by atoms with E-state index >= 15 is 0 Å². The highest BCUT2D eigenvalue weighted by molar-refractivity contribution is 5.79. The van der Waals surface area contributed by atoms with E-state index in [1.807, 2.05) is 48.5 Å². The lowest BCUT2D eigenvalue weighted by Crippen LogP contribution is -2.47. The summed E-state index contributed by atoms with van der Waals surface area (Å²) in [6.45, 7) is 0.297. The molecule has 7 heteroatoms. The van der Waals surface area contributed by atoms with E-state index in [2.05, 4.69) is 0 Å². The molecule has 1 amide bonds. The van der Waals surface area contributed by atoms with Gasteiger partial charge in [0.2, 0.25) is 0 Å². The van der Waals surface area contributed by atoms with Gasteiger partial charge in [-0.05, 0) is 35.1 Å². The standard InChI is InChI=1S/C22H22F3NO3/c23-22(24,25)20(27)14-6-5-11-26(12-14)21(28)29-13-19-17-9-3-1-7-15(17)16-8-2-4-10-18(16)19/h1-4,7-10,14,19-20,27H,5-6,11-13H2. The summed E-state index contributed by atoms with van der Waals surface area (Å²) in [4.78, 5) is 13.8. The molecule has 1 saturated heterocycles. The summed E-state index contributed by atoms with van der Waals surface area (Å²) in [5, 5.41) is 9.53. The lowest BCUT2D eigenvalue weighted by molar-refractivity contribution is -0.223. The van der Waals surface area contributed by atoms with Gasteiger partial charge >= 0.3 is 12.3 Å². The number of alkyl halides is 3. The van der Waals surface area contributed by atoms with Crippen molar-refractivity contribution in [3.63, 3.8) is 0 Å². The Balaban J connectivity index is 1.44. The molecule has 2 aromatic carbocycles. The van der Waals surface area contributed by atoms with Crippen LogP contribution in [0.3, 0.4) is 0 Å². The van der Waals surface area contributed by atoms with Crippen LogP contribution in [-0.2, 0) is 4.74 Å². The number of fused-ring (bicyclic) bond motifs is 3. The van der Waals surface area contributed by atoms with E-state index in [4.69, 9.17) is 4.74 Å². The van der Waals surface area contributed by atoms with Crippen molar-refractivity contribution in [3.05, 3.63) is 59.7 Å². The van der Waals surface area contributed by atoms with Gasteiger partial charge in [-0.15, -0.1) is 0 Å². The Morgan fingerprint density at radius 1 is 1.10 bits per heavy atom. The number of rotatable bonds is 3. The van der Waals surface area contributed by atoms with E-state index in [-0.39, 0.29) is 25.5 Å². The number of hydrogen-bond donors (Lipinski definition) is 1. The average Bonchev–Trinajstić information content (AvgIpc) is 3.05. The van der Waals surface area contributed by atoms with Gasteiger partial charge in [0, 0.05) is 24.9 Å². The first-order chi connectivity index (χ1) is 13.9. The van der Waals surface area contributed by atoms with Crippen LogP contribution in [0.15, 0.2) is 48.5 Å². The monoisotopic (exact) mass is 405 g/mol. The highest BCUT2D eigenvalue weighted by atomic mass is 19.4. The molecule has 1 fully saturated rings. The highest BCUT2D eigenvalue weighted by Crippen LogP contribution is 2.44. The second kappa shape index (κ2) is 7.71. The zero-order valence-corrected chi connectivity index (χ0v) is 15.7. The Bertz CT molecular complexity index is 853. The average molecular weight is 405 g/mol. The van der Waals surface area contributed by atoms with Crippen LogP contribution in [0.2, 0.25) is 0 Å². The van der Waals surface area contributed by atoms with Gasteiger partial charge in [-0.3, -0.25) is 0 Å². The molecule has 1 heterocycles. The first-order valence-electron chi connectivity index (χ1n) is 9.71. The Morgan fingerprint density at radius 3 is 2.28 bits per heavy atom. The van der Waals surface area contributed by atoms with Crippen LogP contribution in [0.5, 0.6) is 0 Å². The molecule has 0 saturated carbocycles. The molecular formula is C22H22F3NO3. The highest BCUT2D eigenvalue weighted by Gasteiger charge is 2.45. The van der Waals surface area contributed by atoms with E-state index in [0.717, 1.165) is 22.3 Å². The van der Waals surface area contributed by atoms with Crippen molar-refractivity contribution in [3.8, 4) is 11.1 Å². The lowest BCUT2D eigenvalue weighted by Gasteiger charge is -2.35.